The molecule has 0 radical (unpaired) electrons. The molecule has 0 bridgehead atoms. The van der Waals surface area contributed by atoms with Crippen molar-refractivity contribution in [3.8, 4) is 16.3 Å². The molecule has 190 valence electrons. The predicted octanol–water partition coefficient (Wildman–Crippen LogP) is 7.78. The van der Waals surface area contributed by atoms with Crippen molar-refractivity contribution in [3.63, 3.8) is 0 Å². The zero-order valence-corrected chi connectivity index (χ0v) is 23.8. The third-order valence-corrected chi connectivity index (χ3v) is 7.74. The van der Waals surface area contributed by atoms with Gasteiger partial charge in [0.15, 0.2) is 5.11 Å². The Kier molecular flexibility index (Phi) is 8.12. The van der Waals surface area contributed by atoms with E-state index in [2.05, 4.69) is 57.8 Å². The number of benzene rings is 4. The van der Waals surface area contributed by atoms with Crippen molar-refractivity contribution in [1.29, 1.82) is 0 Å². The van der Waals surface area contributed by atoms with Crippen LogP contribution < -0.4 is 15.4 Å². The maximum absolute atomic E-state index is 12.7. The van der Waals surface area contributed by atoms with Gasteiger partial charge in [-0.2, -0.15) is 0 Å². The smallest absolute Gasteiger partial charge is 0.257 e. The Morgan fingerprint density at radius 1 is 1.00 bits per heavy atom. The molecule has 4 aromatic carbocycles. The van der Waals surface area contributed by atoms with Crippen LogP contribution in [0.1, 0.15) is 21.5 Å². The first-order valence-electron chi connectivity index (χ1n) is 12.0. The molecule has 0 aliphatic rings. The number of amides is 1. The van der Waals surface area contributed by atoms with Gasteiger partial charge in [-0.05, 0) is 101 Å². The van der Waals surface area contributed by atoms with Crippen LogP contribution in [0.15, 0.2) is 95.5 Å². The largest absolute Gasteiger partial charge is 0.492 e. The van der Waals surface area contributed by atoms with E-state index >= 15 is 0 Å². The number of hydrogen-bond donors (Lipinski definition) is 2. The summed E-state index contributed by atoms with van der Waals surface area (Å²) in [5.74, 6) is 0.377. The normalized spacial score (nSPS) is 10.8. The van der Waals surface area contributed by atoms with Crippen molar-refractivity contribution in [3.05, 3.63) is 112 Å². The summed E-state index contributed by atoms with van der Waals surface area (Å²) in [5, 5.41) is 6.99. The van der Waals surface area contributed by atoms with Gasteiger partial charge >= 0.3 is 0 Å². The molecule has 1 amide bonds. The lowest BCUT2D eigenvalue weighted by Gasteiger charge is -2.12. The Morgan fingerprint density at radius 3 is 2.55 bits per heavy atom. The predicted molar refractivity (Wildman–Crippen MR) is 163 cm³/mol. The lowest BCUT2D eigenvalue weighted by Crippen LogP contribution is -2.34. The van der Waals surface area contributed by atoms with Crippen molar-refractivity contribution >= 4 is 66.4 Å². The van der Waals surface area contributed by atoms with Crippen molar-refractivity contribution in [1.82, 2.24) is 10.3 Å². The van der Waals surface area contributed by atoms with Crippen LogP contribution >= 0.6 is 39.5 Å². The molecule has 0 spiro atoms. The molecule has 1 aromatic heterocycles. The number of aryl methyl sites for hydroxylation is 1. The Morgan fingerprint density at radius 2 is 1.79 bits per heavy atom. The molecule has 0 unspecified atom stereocenters. The SMILES string of the molecule is Cc1ccc2nc(-c3ccc(NC(=S)NC(=O)c4ccc(OCCc5ccccc5)c(Br)c4)cc3)sc2c1. The van der Waals surface area contributed by atoms with Crippen LogP contribution in [0.2, 0.25) is 0 Å². The van der Waals surface area contributed by atoms with Gasteiger partial charge in [0.05, 0.1) is 21.3 Å². The van der Waals surface area contributed by atoms with Gasteiger partial charge in [-0.3, -0.25) is 10.1 Å². The van der Waals surface area contributed by atoms with Gasteiger partial charge in [0.25, 0.3) is 5.91 Å². The van der Waals surface area contributed by atoms with E-state index in [0.29, 0.717) is 22.4 Å². The summed E-state index contributed by atoms with van der Waals surface area (Å²) in [5.41, 5.74) is 5.71. The molecular weight excluding hydrogens is 578 g/mol. The fraction of sp³-hybridized carbons (Fsp3) is 0.100. The van der Waals surface area contributed by atoms with Crippen molar-refractivity contribution < 1.29 is 9.53 Å². The second-order valence-corrected chi connectivity index (χ2v) is 11.0. The molecule has 0 saturated heterocycles. The highest BCUT2D eigenvalue weighted by atomic mass is 79.9. The molecule has 5 rings (SSSR count). The molecule has 5 aromatic rings. The second-order valence-electron chi connectivity index (χ2n) is 8.71. The molecule has 0 saturated carbocycles. The topological polar surface area (TPSA) is 63.2 Å². The quantitative estimate of drug-likeness (QED) is 0.186. The van der Waals surface area contributed by atoms with Crippen molar-refractivity contribution in [2.45, 2.75) is 13.3 Å². The fourth-order valence-corrected chi connectivity index (χ4v) is 5.64. The summed E-state index contributed by atoms with van der Waals surface area (Å²) < 4.78 is 7.76. The van der Waals surface area contributed by atoms with Gasteiger partial charge < -0.3 is 10.1 Å². The highest BCUT2D eigenvalue weighted by Crippen LogP contribution is 2.31. The van der Waals surface area contributed by atoms with Crippen LogP contribution in [0.3, 0.4) is 0 Å². The van der Waals surface area contributed by atoms with Crippen LogP contribution in [0.4, 0.5) is 5.69 Å². The van der Waals surface area contributed by atoms with Crippen molar-refractivity contribution in [2.75, 3.05) is 11.9 Å². The number of nitrogens with zero attached hydrogens (tertiary/aromatic N) is 1. The number of ether oxygens (including phenoxy) is 1. The minimum atomic E-state index is -0.305. The summed E-state index contributed by atoms with van der Waals surface area (Å²) in [4.78, 5) is 17.5. The Hall–Kier alpha value is -3.59. The standard InChI is InChI=1S/C30H24BrN3O2S2/c1-19-7-13-25-27(17-19)38-29(33-25)21-8-11-23(12-9-21)32-30(37)34-28(35)22-10-14-26(24(31)18-22)36-16-15-20-5-3-2-4-6-20/h2-14,17-18H,15-16H2,1H3,(H2,32,34,35,37). The van der Waals surface area contributed by atoms with Gasteiger partial charge in [-0.25, -0.2) is 4.98 Å². The van der Waals surface area contributed by atoms with E-state index in [4.69, 9.17) is 21.9 Å². The number of fused-ring (bicyclic) bond motifs is 1. The first-order valence-corrected chi connectivity index (χ1v) is 14.0. The summed E-state index contributed by atoms with van der Waals surface area (Å²) in [6.45, 7) is 2.62. The molecule has 1 heterocycles. The number of hydrogen-bond acceptors (Lipinski definition) is 5. The highest BCUT2D eigenvalue weighted by Gasteiger charge is 2.12. The van der Waals surface area contributed by atoms with Gasteiger partial charge in [-0.15, -0.1) is 11.3 Å². The monoisotopic (exact) mass is 601 g/mol. The maximum Gasteiger partial charge on any atom is 0.257 e. The molecule has 38 heavy (non-hydrogen) atoms. The van der Waals surface area contributed by atoms with Crippen LogP contribution in [0.5, 0.6) is 5.75 Å². The van der Waals surface area contributed by atoms with Gasteiger partial charge in [0.1, 0.15) is 10.8 Å². The molecule has 2 N–H and O–H groups in total. The van der Waals surface area contributed by atoms with Gasteiger partial charge in [0, 0.05) is 23.2 Å². The number of anilines is 1. The molecule has 0 atom stereocenters. The van der Waals surface area contributed by atoms with E-state index in [9.17, 15) is 4.79 Å². The minimum Gasteiger partial charge on any atom is -0.492 e. The van der Waals surface area contributed by atoms with E-state index < -0.39 is 0 Å². The number of carbonyl (C=O) groups excluding carboxylic acids is 1. The fourth-order valence-electron chi connectivity index (χ4n) is 3.87. The molecular formula is C30H24BrN3O2S2. The van der Waals surface area contributed by atoms with Gasteiger partial charge in [-0.1, -0.05) is 36.4 Å². The zero-order valence-electron chi connectivity index (χ0n) is 20.5. The van der Waals surface area contributed by atoms with Crippen LogP contribution in [0.25, 0.3) is 20.8 Å². The van der Waals surface area contributed by atoms with E-state index in [0.717, 1.165) is 28.2 Å². The molecule has 0 aliphatic heterocycles. The average Bonchev–Trinajstić information content (AvgIpc) is 3.34. The summed E-state index contributed by atoms with van der Waals surface area (Å²) in [6.07, 6.45) is 0.802. The van der Waals surface area contributed by atoms with Crippen molar-refractivity contribution in [2.24, 2.45) is 0 Å². The van der Waals surface area contributed by atoms with E-state index in [1.807, 2.05) is 48.5 Å². The third kappa shape index (κ3) is 6.45. The second kappa shape index (κ2) is 11.9. The summed E-state index contributed by atoms with van der Waals surface area (Å²) in [7, 11) is 0. The zero-order chi connectivity index (χ0) is 26.5. The summed E-state index contributed by atoms with van der Waals surface area (Å²) in [6, 6.07) is 29.5. The average molecular weight is 603 g/mol. The van der Waals surface area contributed by atoms with E-state index in [1.54, 1.807) is 29.5 Å². The molecule has 0 aliphatic carbocycles. The Balaban J connectivity index is 1.15. The molecule has 5 nitrogen and oxygen atoms in total. The van der Waals surface area contributed by atoms with Crippen LogP contribution in [-0.2, 0) is 6.42 Å². The number of rotatable bonds is 7. The Bertz CT molecular complexity index is 1600. The lowest BCUT2D eigenvalue weighted by molar-refractivity contribution is 0.0977. The minimum absolute atomic E-state index is 0.220. The number of aromatic nitrogens is 1. The van der Waals surface area contributed by atoms with Crippen LogP contribution in [0, 0.1) is 6.92 Å². The lowest BCUT2D eigenvalue weighted by atomic mass is 10.2. The number of thiocarbonyl (C=S) groups is 1. The van der Waals surface area contributed by atoms with Crippen LogP contribution in [-0.4, -0.2) is 22.6 Å². The third-order valence-electron chi connectivity index (χ3n) is 5.85. The van der Waals surface area contributed by atoms with E-state index in [-0.39, 0.29) is 11.0 Å². The number of nitrogens with one attached hydrogen (secondary N) is 2. The number of halogens is 1. The summed E-state index contributed by atoms with van der Waals surface area (Å²) >= 11 is 10.5. The number of carbonyl (C=O) groups is 1. The maximum atomic E-state index is 12.7. The molecule has 0 fully saturated rings. The first-order chi connectivity index (χ1) is 18.4. The highest BCUT2D eigenvalue weighted by molar-refractivity contribution is 9.10. The van der Waals surface area contributed by atoms with E-state index in [1.165, 1.54) is 15.8 Å². The van der Waals surface area contributed by atoms with Gasteiger partial charge in [0.2, 0.25) is 0 Å². The Labute approximate surface area is 239 Å². The molecule has 8 heteroatoms. The first kappa shape index (κ1) is 26.0. The number of thiazole rings is 1.